The van der Waals surface area contributed by atoms with E-state index in [1.807, 2.05) is 0 Å². The van der Waals surface area contributed by atoms with Crippen molar-refractivity contribution < 1.29 is 31.1 Å². The zero-order valence-electron chi connectivity index (χ0n) is 13.8. The molecule has 2 N–H and O–H groups in total. The van der Waals surface area contributed by atoms with Crippen molar-refractivity contribution in [3.8, 4) is 5.75 Å². The number of benzene rings is 1. The highest BCUT2D eigenvalue weighted by Gasteiger charge is 2.46. The Kier molecular flexibility index (Phi) is 6.41. The number of ether oxygens (including phenoxy) is 1. The molecule has 0 bridgehead atoms. The van der Waals surface area contributed by atoms with Crippen LogP contribution in [0.5, 0.6) is 5.75 Å². The van der Waals surface area contributed by atoms with E-state index in [1.54, 1.807) is 6.07 Å². The van der Waals surface area contributed by atoms with Gasteiger partial charge in [-0.2, -0.15) is 13.2 Å². The fraction of sp³-hybridized carbons (Fsp3) is 0.533. The van der Waals surface area contributed by atoms with Gasteiger partial charge in [-0.3, -0.25) is 4.79 Å². The van der Waals surface area contributed by atoms with E-state index in [9.17, 15) is 26.4 Å². The third-order valence-electron chi connectivity index (χ3n) is 3.58. The summed E-state index contributed by atoms with van der Waals surface area (Å²) in [6.45, 7) is 1.13. The number of hydrogen-bond donors (Lipinski definition) is 2. The van der Waals surface area contributed by atoms with Gasteiger partial charge in [0.15, 0.2) is 0 Å². The van der Waals surface area contributed by atoms with E-state index >= 15 is 0 Å². The summed E-state index contributed by atoms with van der Waals surface area (Å²) in [5, 5.41) is 3.15. The first-order valence-corrected chi connectivity index (χ1v) is 9.63. The predicted molar refractivity (Wildman–Crippen MR) is 89.1 cm³/mol. The van der Waals surface area contributed by atoms with Gasteiger partial charge < -0.3 is 10.1 Å². The maximum absolute atomic E-state index is 12.3. The van der Waals surface area contributed by atoms with Crippen LogP contribution in [0.2, 0.25) is 5.02 Å². The van der Waals surface area contributed by atoms with E-state index in [4.69, 9.17) is 16.3 Å². The average Bonchev–Trinajstić information content (AvgIpc) is 3.36. The van der Waals surface area contributed by atoms with Crippen molar-refractivity contribution in [1.82, 2.24) is 10.0 Å². The van der Waals surface area contributed by atoms with Crippen molar-refractivity contribution in [3.63, 3.8) is 0 Å². The minimum atomic E-state index is -5.44. The zero-order chi connectivity index (χ0) is 19.5. The normalized spacial score (nSPS) is 16.2. The van der Waals surface area contributed by atoms with Crippen LogP contribution in [0.1, 0.15) is 25.3 Å². The first-order valence-electron chi connectivity index (χ1n) is 7.77. The largest absolute Gasteiger partial charge is 0.511 e. The third-order valence-corrected chi connectivity index (χ3v) is 5.27. The van der Waals surface area contributed by atoms with Crippen LogP contribution < -0.4 is 14.8 Å². The smallest absolute Gasteiger partial charge is 0.492 e. The van der Waals surface area contributed by atoms with Gasteiger partial charge in [0.2, 0.25) is 5.91 Å². The first-order chi connectivity index (χ1) is 12.0. The van der Waals surface area contributed by atoms with Crippen LogP contribution in [0.3, 0.4) is 0 Å². The van der Waals surface area contributed by atoms with Crippen molar-refractivity contribution in [2.45, 2.75) is 37.9 Å². The Morgan fingerprint density at radius 3 is 2.62 bits per heavy atom. The molecule has 6 nitrogen and oxygen atoms in total. The molecule has 0 aliphatic heterocycles. The molecule has 1 aliphatic carbocycles. The lowest BCUT2D eigenvalue weighted by molar-refractivity contribution is -0.122. The van der Waals surface area contributed by atoms with Gasteiger partial charge in [0.25, 0.3) is 0 Å². The van der Waals surface area contributed by atoms with Gasteiger partial charge >= 0.3 is 15.5 Å². The van der Waals surface area contributed by atoms with Gasteiger partial charge in [0, 0.05) is 17.5 Å². The van der Waals surface area contributed by atoms with Gasteiger partial charge in [-0.25, -0.2) is 13.1 Å². The second-order valence-corrected chi connectivity index (χ2v) is 8.14. The van der Waals surface area contributed by atoms with Gasteiger partial charge in [0.05, 0.1) is 6.04 Å². The molecule has 11 heteroatoms. The number of alkyl halides is 3. The molecule has 0 unspecified atom stereocenters. The summed E-state index contributed by atoms with van der Waals surface area (Å²) >= 11 is 6.05. The number of carbonyl (C=O) groups is 1. The fourth-order valence-corrected chi connectivity index (χ4v) is 2.95. The maximum atomic E-state index is 12.3. The highest BCUT2D eigenvalue weighted by Crippen LogP contribution is 2.29. The molecule has 1 atom stereocenters. The molecule has 0 saturated heterocycles. The van der Waals surface area contributed by atoms with Crippen molar-refractivity contribution in [2.75, 3.05) is 6.61 Å². The number of hydrogen-bond acceptors (Lipinski definition) is 4. The Labute approximate surface area is 154 Å². The molecule has 1 aromatic carbocycles. The lowest BCUT2D eigenvalue weighted by Gasteiger charge is -2.17. The van der Waals surface area contributed by atoms with Gasteiger partial charge in [-0.05, 0) is 43.5 Å². The molecule has 1 amide bonds. The van der Waals surface area contributed by atoms with E-state index < -0.39 is 21.6 Å². The molecule has 0 aromatic heterocycles. The summed E-state index contributed by atoms with van der Waals surface area (Å²) < 4.78 is 65.9. The van der Waals surface area contributed by atoms with Crippen LogP contribution >= 0.6 is 11.6 Å². The summed E-state index contributed by atoms with van der Waals surface area (Å²) in [4.78, 5) is 11.7. The quantitative estimate of drug-likeness (QED) is 0.684. The molecule has 146 valence electrons. The highest BCUT2D eigenvalue weighted by atomic mass is 35.5. The molecule has 26 heavy (non-hydrogen) atoms. The second-order valence-electron chi connectivity index (χ2n) is 6.02. The minimum Gasteiger partial charge on any atom is -0.492 e. The number of nitrogens with one attached hydrogen (secondary N) is 2. The molecule has 1 saturated carbocycles. The lowest BCUT2D eigenvalue weighted by atomic mass is 10.2. The number of rotatable bonds is 8. The monoisotopic (exact) mass is 414 g/mol. The standard InChI is InChI=1S/C15H18ClF3N2O4S/c1-9(21-26(23,24)15(17,18)19)8-25-12-4-5-13(16)11(6-12)7-20-14(22)10-2-3-10/h4-6,9-10,21H,2-3,7-8H2,1H3,(H,20,22)/t9-/m0/s1. The molecule has 0 heterocycles. The average molecular weight is 415 g/mol. The third kappa shape index (κ3) is 5.75. The summed E-state index contributed by atoms with van der Waals surface area (Å²) in [6, 6.07) is 3.47. The van der Waals surface area contributed by atoms with E-state index in [2.05, 4.69) is 5.32 Å². The predicted octanol–water partition coefficient (Wildman–Crippen LogP) is 2.57. The van der Waals surface area contributed by atoms with Crippen LogP contribution in [0.4, 0.5) is 13.2 Å². The highest BCUT2D eigenvalue weighted by molar-refractivity contribution is 7.90. The summed E-state index contributed by atoms with van der Waals surface area (Å²) in [5.74, 6) is 0.293. The molecular weight excluding hydrogens is 397 g/mol. The number of sulfonamides is 1. The Bertz CT molecular complexity index is 767. The Balaban J connectivity index is 1.90. The summed E-state index contributed by atoms with van der Waals surface area (Å²) in [6.07, 6.45) is 1.74. The van der Waals surface area contributed by atoms with Gasteiger partial charge in [-0.15, -0.1) is 0 Å². The maximum Gasteiger partial charge on any atom is 0.511 e. The van der Waals surface area contributed by atoms with Crippen molar-refractivity contribution >= 4 is 27.5 Å². The van der Waals surface area contributed by atoms with E-state index in [1.165, 1.54) is 23.8 Å². The summed E-state index contributed by atoms with van der Waals surface area (Å²) in [5.41, 5.74) is -4.80. The van der Waals surface area contributed by atoms with Gasteiger partial charge in [0.1, 0.15) is 12.4 Å². The molecule has 0 radical (unpaired) electrons. The summed E-state index contributed by atoms with van der Waals surface area (Å²) in [7, 11) is -5.44. The molecule has 1 fully saturated rings. The molecular formula is C15H18ClF3N2O4S. The first kappa shape index (κ1) is 20.8. The number of amides is 1. The Hall–Kier alpha value is -1.52. The Morgan fingerprint density at radius 2 is 2.04 bits per heavy atom. The molecule has 2 rings (SSSR count). The minimum absolute atomic E-state index is 0.0516. The van der Waals surface area contributed by atoms with Gasteiger partial charge in [-0.1, -0.05) is 11.6 Å². The zero-order valence-corrected chi connectivity index (χ0v) is 15.3. The second kappa shape index (κ2) is 8.01. The van der Waals surface area contributed by atoms with Crippen molar-refractivity contribution in [2.24, 2.45) is 5.92 Å². The molecule has 1 aromatic rings. The van der Waals surface area contributed by atoms with Crippen LogP contribution in [-0.2, 0) is 21.4 Å². The topological polar surface area (TPSA) is 84.5 Å². The van der Waals surface area contributed by atoms with Crippen molar-refractivity contribution in [3.05, 3.63) is 28.8 Å². The van der Waals surface area contributed by atoms with Crippen LogP contribution in [0.15, 0.2) is 18.2 Å². The van der Waals surface area contributed by atoms with Crippen LogP contribution in [0, 0.1) is 5.92 Å². The number of halogens is 4. The molecule has 1 aliphatic rings. The SMILES string of the molecule is C[C@@H](COc1ccc(Cl)c(CNC(=O)C2CC2)c1)NS(=O)(=O)C(F)(F)F. The van der Waals surface area contributed by atoms with Crippen LogP contribution in [-0.4, -0.2) is 32.5 Å². The Morgan fingerprint density at radius 1 is 1.38 bits per heavy atom. The number of carbonyl (C=O) groups excluding carboxylic acids is 1. The molecule has 0 spiro atoms. The van der Waals surface area contributed by atoms with E-state index in [-0.39, 0.29) is 25.0 Å². The fourth-order valence-electron chi connectivity index (χ4n) is 2.04. The van der Waals surface area contributed by atoms with E-state index in [0.717, 1.165) is 12.8 Å². The van der Waals surface area contributed by atoms with E-state index in [0.29, 0.717) is 16.3 Å². The van der Waals surface area contributed by atoms with Crippen molar-refractivity contribution in [1.29, 1.82) is 0 Å². The van der Waals surface area contributed by atoms with Crippen LogP contribution in [0.25, 0.3) is 0 Å². The lowest BCUT2D eigenvalue weighted by Crippen LogP contribution is -2.43.